The summed E-state index contributed by atoms with van der Waals surface area (Å²) in [7, 11) is 0. The summed E-state index contributed by atoms with van der Waals surface area (Å²) >= 11 is 0. The number of fused-ring (bicyclic) bond motifs is 2. The van der Waals surface area contributed by atoms with E-state index in [2.05, 4.69) is 15.0 Å². The van der Waals surface area contributed by atoms with Crippen molar-refractivity contribution in [2.45, 2.75) is 26.9 Å². The molecule has 2 heterocycles. The molecule has 140 valence electrons. The lowest BCUT2D eigenvalue weighted by molar-refractivity contribution is 0.0319. The van der Waals surface area contributed by atoms with Crippen molar-refractivity contribution < 1.29 is 14.3 Å². The first kappa shape index (κ1) is 17.9. The average molecular weight is 373 g/mol. The number of rotatable bonds is 4. The van der Waals surface area contributed by atoms with Gasteiger partial charge in [-0.05, 0) is 45.0 Å². The van der Waals surface area contributed by atoms with Gasteiger partial charge in [0.05, 0.1) is 28.0 Å². The van der Waals surface area contributed by atoms with Gasteiger partial charge < -0.3 is 9.72 Å². The van der Waals surface area contributed by atoms with Gasteiger partial charge in [0.25, 0.3) is 0 Å². The van der Waals surface area contributed by atoms with Crippen LogP contribution in [0.15, 0.2) is 48.7 Å². The molecule has 0 radical (unpaired) electrons. The Morgan fingerprint density at radius 1 is 1.00 bits per heavy atom. The van der Waals surface area contributed by atoms with E-state index in [0.717, 1.165) is 22.3 Å². The van der Waals surface area contributed by atoms with Gasteiger partial charge in [0.1, 0.15) is 0 Å². The number of nitrogens with one attached hydrogen (secondary N) is 1. The number of esters is 1. The van der Waals surface area contributed by atoms with Crippen LogP contribution in [0.5, 0.6) is 0 Å². The first-order valence-electron chi connectivity index (χ1n) is 9.00. The number of hydrogen-bond donors (Lipinski definition) is 1. The van der Waals surface area contributed by atoms with Gasteiger partial charge in [-0.25, -0.2) is 14.8 Å². The number of aryl methyl sites for hydroxylation is 2. The van der Waals surface area contributed by atoms with Crippen molar-refractivity contribution in [3.8, 4) is 0 Å². The highest BCUT2D eigenvalue weighted by Gasteiger charge is 2.23. The molecule has 1 N–H and O–H groups in total. The predicted octanol–water partition coefficient (Wildman–Crippen LogP) is 4.16. The molecule has 0 bridgehead atoms. The van der Waals surface area contributed by atoms with Crippen molar-refractivity contribution in [2.24, 2.45) is 0 Å². The topological polar surface area (TPSA) is 84.9 Å². The summed E-state index contributed by atoms with van der Waals surface area (Å²) in [4.78, 5) is 37.3. The zero-order chi connectivity index (χ0) is 19.8. The van der Waals surface area contributed by atoms with E-state index in [0.29, 0.717) is 22.2 Å². The molecule has 0 saturated carbocycles. The first-order chi connectivity index (χ1) is 13.4. The van der Waals surface area contributed by atoms with Crippen LogP contribution in [-0.4, -0.2) is 32.8 Å². The zero-order valence-electron chi connectivity index (χ0n) is 15.8. The fourth-order valence-electron chi connectivity index (χ4n) is 3.13. The predicted molar refractivity (Wildman–Crippen MR) is 107 cm³/mol. The number of H-pyrrole nitrogens is 1. The minimum absolute atomic E-state index is 0.252. The maximum atomic E-state index is 12.8. The molecule has 0 amide bonds. The minimum Gasteiger partial charge on any atom is -0.451 e. The van der Waals surface area contributed by atoms with E-state index < -0.39 is 12.1 Å². The molecule has 4 rings (SSSR count). The van der Waals surface area contributed by atoms with Crippen LogP contribution in [0.1, 0.15) is 39.0 Å². The number of carbonyl (C=O) groups excluding carboxylic acids is 2. The van der Waals surface area contributed by atoms with Gasteiger partial charge in [-0.15, -0.1) is 0 Å². The van der Waals surface area contributed by atoms with Crippen LogP contribution in [0.2, 0.25) is 0 Å². The van der Waals surface area contributed by atoms with Gasteiger partial charge in [-0.3, -0.25) is 4.79 Å². The summed E-state index contributed by atoms with van der Waals surface area (Å²) in [6.45, 7) is 5.34. The Morgan fingerprint density at radius 3 is 2.50 bits per heavy atom. The van der Waals surface area contributed by atoms with Crippen molar-refractivity contribution in [3.05, 3.63) is 71.2 Å². The summed E-state index contributed by atoms with van der Waals surface area (Å²) in [5, 5.41) is 0.808. The standard InChI is InChI=1S/C22H19N3O3/c1-12-13(2)25-20-10-15(8-9-19(20)24-12)22(27)28-14(3)21(26)17-11-23-18-7-5-4-6-16(17)18/h4-11,14,23H,1-3H3/t14-/m0/s1. The van der Waals surface area contributed by atoms with Gasteiger partial charge in [0.2, 0.25) is 5.78 Å². The quantitative estimate of drug-likeness (QED) is 0.429. The van der Waals surface area contributed by atoms with Crippen LogP contribution >= 0.6 is 0 Å². The summed E-state index contributed by atoms with van der Waals surface area (Å²) in [6, 6.07) is 12.5. The average Bonchev–Trinajstić information content (AvgIpc) is 3.12. The highest BCUT2D eigenvalue weighted by atomic mass is 16.5. The van der Waals surface area contributed by atoms with Crippen molar-refractivity contribution in [1.82, 2.24) is 15.0 Å². The lowest BCUT2D eigenvalue weighted by atomic mass is 10.1. The molecule has 0 aliphatic rings. The van der Waals surface area contributed by atoms with Crippen LogP contribution in [0.4, 0.5) is 0 Å². The SMILES string of the molecule is Cc1nc2ccc(C(=O)O[C@@H](C)C(=O)c3c[nH]c4ccccc34)cc2nc1C. The van der Waals surface area contributed by atoms with E-state index in [-0.39, 0.29) is 5.78 Å². The van der Waals surface area contributed by atoms with Crippen LogP contribution in [0.3, 0.4) is 0 Å². The summed E-state index contributed by atoms with van der Waals surface area (Å²) in [5.41, 5.74) is 4.69. The van der Waals surface area contributed by atoms with Gasteiger partial charge >= 0.3 is 5.97 Å². The Labute approximate surface area is 161 Å². The second kappa shape index (κ2) is 6.88. The third kappa shape index (κ3) is 3.13. The maximum Gasteiger partial charge on any atom is 0.338 e. The number of hydrogen-bond acceptors (Lipinski definition) is 5. The van der Waals surface area contributed by atoms with Crippen molar-refractivity contribution in [3.63, 3.8) is 0 Å². The van der Waals surface area contributed by atoms with Crippen LogP contribution in [0, 0.1) is 13.8 Å². The monoisotopic (exact) mass is 373 g/mol. The summed E-state index contributed by atoms with van der Waals surface area (Å²) in [5.74, 6) is -0.819. The highest BCUT2D eigenvalue weighted by molar-refractivity contribution is 6.10. The molecule has 28 heavy (non-hydrogen) atoms. The van der Waals surface area contributed by atoms with E-state index in [4.69, 9.17) is 4.74 Å². The first-order valence-corrected chi connectivity index (χ1v) is 9.00. The van der Waals surface area contributed by atoms with E-state index in [9.17, 15) is 9.59 Å². The Balaban J connectivity index is 1.56. The molecule has 2 aromatic carbocycles. The van der Waals surface area contributed by atoms with Crippen molar-refractivity contribution in [2.75, 3.05) is 0 Å². The number of para-hydroxylation sites is 1. The summed E-state index contributed by atoms with van der Waals surface area (Å²) in [6.07, 6.45) is 0.738. The van der Waals surface area contributed by atoms with Gasteiger partial charge in [-0.2, -0.15) is 0 Å². The van der Waals surface area contributed by atoms with Crippen molar-refractivity contribution >= 4 is 33.7 Å². The van der Waals surface area contributed by atoms with Gasteiger partial charge in [0.15, 0.2) is 6.10 Å². The highest BCUT2D eigenvalue weighted by Crippen LogP contribution is 2.21. The van der Waals surface area contributed by atoms with Gasteiger partial charge in [0, 0.05) is 22.7 Å². The number of benzene rings is 2. The fraction of sp³-hybridized carbons (Fsp3) is 0.182. The smallest absolute Gasteiger partial charge is 0.338 e. The molecule has 0 unspecified atom stereocenters. The van der Waals surface area contributed by atoms with Gasteiger partial charge in [-0.1, -0.05) is 18.2 Å². The maximum absolute atomic E-state index is 12.8. The normalized spacial score (nSPS) is 12.2. The molecule has 0 spiro atoms. The summed E-state index contributed by atoms with van der Waals surface area (Å²) < 4.78 is 5.42. The molecular weight excluding hydrogens is 354 g/mol. The molecule has 0 aliphatic heterocycles. The molecule has 1 atom stereocenters. The number of ketones is 1. The van der Waals surface area contributed by atoms with E-state index >= 15 is 0 Å². The minimum atomic E-state index is -0.909. The lowest BCUT2D eigenvalue weighted by Crippen LogP contribution is -2.24. The van der Waals surface area contributed by atoms with E-state index in [1.54, 1.807) is 31.3 Å². The molecule has 6 nitrogen and oxygen atoms in total. The fourth-order valence-corrected chi connectivity index (χ4v) is 3.13. The Morgan fingerprint density at radius 2 is 1.71 bits per heavy atom. The third-order valence-corrected chi connectivity index (χ3v) is 4.82. The molecule has 6 heteroatoms. The van der Waals surface area contributed by atoms with Crippen LogP contribution in [0.25, 0.3) is 21.9 Å². The number of nitrogens with zero attached hydrogens (tertiary/aromatic N) is 2. The Kier molecular flexibility index (Phi) is 4.39. The van der Waals surface area contributed by atoms with E-state index in [1.807, 2.05) is 38.1 Å². The molecule has 4 aromatic rings. The lowest BCUT2D eigenvalue weighted by Gasteiger charge is -2.12. The Bertz CT molecular complexity index is 1230. The molecule has 0 saturated heterocycles. The zero-order valence-corrected chi connectivity index (χ0v) is 15.8. The molecule has 0 fully saturated rings. The van der Waals surface area contributed by atoms with E-state index in [1.165, 1.54) is 0 Å². The largest absolute Gasteiger partial charge is 0.451 e. The number of aromatic amines is 1. The molecule has 0 aliphatic carbocycles. The Hall–Kier alpha value is -3.54. The second-order valence-corrected chi connectivity index (χ2v) is 6.76. The number of Topliss-reactive ketones (excluding diaryl/α,β-unsaturated/α-hetero) is 1. The van der Waals surface area contributed by atoms with Crippen LogP contribution < -0.4 is 0 Å². The number of carbonyl (C=O) groups is 2. The van der Waals surface area contributed by atoms with Crippen molar-refractivity contribution in [1.29, 1.82) is 0 Å². The third-order valence-electron chi connectivity index (χ3n) is 4.82. The van der Waals surface area contributed by atoms with Crippen LogP contribution in [-0.2, 0) is 4.74 Å². The number of ether oxygens (including phenoxy) is 1. The second-order valence-electron chi connectivity index (χ2n) is 6.76. The molecule has 2 aromatic heterocycles. The molecular formula is C22H19N3O3. The number of aromatic nitrogens is 3.